The Labute approximate surface area is 135 Å². The first-order valence-corrected chi connectivity index (χ1v) is 7.18. The van der Waals surface area contributed by atoms with Gasteiger partial charge in [0.1, 0.15) is 6.07 Å². The van der Waals surface area contributed by atoms with Crippen LogP contribution in [0.5, 0.6) is 0 Å². The molecule has 0 aliphatic heterocycles. The van der Waals surface area contributed by atoms with Gasteiger partial charge in [0, 0.05) is 17.5 Å². The molecule has 8 heteroatoms. The minimum Gasteiger partial charge on any atom is -0.325 e. The summed E-state index contributed by atoms with van der Waals surface area (Å²) in [5, 5.41) is 20.9. The number of nitrogens with two attached hydrogens (primary N) is 1. The maximum atomic E-state index is 11.9. The van der Waals surface area contributed by atoms with Gasteiger partial charge >= 0.3 is 0 Å². The molecular formula is C16H11N7O. The van der Waals surface area contributed by atoms with E-state index in [4.69, 9.17) is 11.0 Å². The van der Waals surface area contributed by atoms with Gasteiger partial charge in [0.25, 0.3) is 5.56 Å². The molecule has 24 heavy (non-hydrogen) atoms. The summed E-state index contributed by atoms with van der Waals surface area (Å²) < 4.78 is 1.60. The molecule has 0 amide bonds. The highest BCUT2D eigenvalue weighted by Crippen LogP contribution is 2.24. The van der Waals surface area contributed by atoms with Crippen molar-refractivity contribution in [2.75, 3.05) is 0 Å². The molecule has 3 heterocycles. The van der Waals surface area contributed by atoms with Gasteiger partial charge in [-0.15, -0.1) is 0 Å². The second-order valence-electron chi connectivity index (χ2n) is 5.21. The quantitative estimate of drug-likeness (QED) is 0.567. The van der Waals surface area contributed by atoms with Crippen LogP contribution in [0.4, 0.5) is 0 Å². The molecule has 0 saturated carbocycles. The second kappa shape index (κ2) is 5.26. The number of nitrogens with zero attached hydrogens (tertiary/aromatic N) is 5. The lowest BCUT2D eigenvalue weighted by atomic mass is 10.1. The Kier molecular flexibility index (Phi) is 3.08. The molecule has 4 rings (SSSR count). The van der Waals surface area contributed by atoms with E-state index in [0.29, 0.717) is 33.5 Å². The third kappa shape index (κ3) is 2.04. The highest BCUT2D eigenvalue weighted by molar-refractivity contribution is 5.88. The number of aromatic nitrogens is 5. The van der Waals surface area contributed by atoms with Crippen LogP contribution >= 0.6 is 0 Å². The third-order valence-corrected chi connectivity index (χ3v) is 3.83. The average molecular weight is 317 g/mol. The molecule has 3 aromatic heterocycles. The molecule has 116 valence electrons. The number of rotatable bonds is 2. The Morgan fingerprint density at radius 3 is 2.92 bits per heavy atom. The lowest BCUT2D eigenvalue weighted by molar-refractivity contribution is 0.900. The zero-order chi connectivity index (χ0) is 16.7. The van der Waals surface area contributed by atoms with Crippen LogP contribution in [0.1, 0.15) is 11.4 Å². The Bertz CT molecular complexity index is 1180. The van der Waals surface area contributed by atoms with Crippen LogP contribution < -0.4 is 11.3 Å². The average Bonchev–Trinajstić information content (AvgIpc) is 3.04. The molecule has 0 spiro atoms. The molecule has 0 aliphatic carbocycles. The van der Waals surface area contributed by atoms with Gasteiger partial charge in [0.15, 0.2) is 11.3 Å². The lowest BCUT2D eigenvalue weighted by Gasteiger charge is -2.06. The SMILES string of the molecule is N#Cc1ccc2ncc(-c3ccc4c(=O)[nH]nc(CN)c4c3)n2n1. The third-order valence-electron chi connectivity index (χ3n) is 3.83. The summed E-state index contributed by atoms with van der Waals surface area (Å²) >= 11 is 0. The molecule has 3 N–H and O–H groups in total. The number of hydrogen-bond acceptors (Lipinski definition) is 6. The van der Waals surface area contributed by atoms with Crippen LogP contribution in [-0.2, 0) is 6.54 Å². The second-order valence-corrected chi connectivity index (χ2v) is 5.21. The van der Waals surface area contributed by atoms with Crippen molar-refractivity contribution in [3.05, 3.63) is 58.3 Å². The molecule has 0 aliphatic rings. The van der Waals surface area contributed by atoms with Crippen LogP contribution in [0, 0.1) is 11.3 Å². The fourth-order valence-corrected chi connectivity index (χ4v) is 2.66. The van der Waals surface area contributed by atoms with Crippen molar-refractivity contribution < 1.29 is 0 Å². The van der Waals surface area contributed by atoms with E-state index in [1.54, 1.807) is 28.9 Å². The van der Waals surface area contributed by atoms with Crippen LogP contribution in [0.25, 0.3) is 27.7 Å². The summed E-state index contributed by atoms with van der Waals surface area (Å²) in [6.45, 7) is 0.209. The first-order valence-electron chi connectivity index (χ1n) is 7.18. The summed E-state index contributed by atoms with van der Waals surface area (Å²) in [4.78, 5) is 16.2. The Balaban J connectivity index is 2.00. The number of fused-ring (bicyclic) bond motifs is 2. The molecule has 0 atom stereocenters. The van der Waals surface area contributed by atoms with E-state index in [-0.39, 0.29) is 12.1 Å². The van der Waals surface area contributed by atoms with Crippen LogP contribution in [0.15, 0.2) is 41.3 Å². The largest absolute Gasteiger partial charge is 0.325 e. The van der Waals surface area contributed by atoms with E-state index >= 15 is 0 Å². The van der Waals surface area contributed by atoms with E-state index in [9.17, 15) is 4.79 Å². The Hall–Kier alpha value is -3.57. The molecule has 0 radical (unpaired) electrons. The van der Waals surface area contributed by atoms with Gasteiger partial charge in [-0.05, 0) is 24.3 Å². The van der Waals surface area contributed by atoms with Crippen molar-refractivity contribution in [2.45, 2.75) is 6.54 Å². The predicted octanol–water partition coefficient (Wildman–Crippen LogP) is 0.963. The molecule has 4 aromatic rings. The molecule has 0 fully saturated rings. The zero-order valence-electron chi connectivity index (χ0n) is 12.4. The predicted molar refractivity (Wildman–Crippen MR) is 87.0 cm³/mol. The summed E-state index contributed by atoms with van der Waals surface area (Å²) in [5.74, 6) is 0. The fraction of sp³-hybridized carbons (Fsp3) is 0.0625. The van der Waals surface area contributed by atoms with Gasteiger partial charge in [-0.2, -0.15) is 15.5 Å². The summed E-state index contributed by atoms with van der Waals surface area (Å²) in [6, 6.07) is 10.7. The number of imidazole rings is 1. The monoisotopic (exact) mass is 317 g/mol. The van der Waals surface area contributed by atoms with Crippen molar-refractivity contribution >= 4 is 16.4 Å². The highest BCUT2D eigenvalue weighted by Gasteiger charge is 2.11. The number of nitrogens with one attached hydrogen (secondary N) is 1. The maximum absolute atomic E-state index is 11.9. The number of benzene rings is 1. The lowest BCUT2D eigenvalue weighted by Crippen LogP contribution is -2.13. The van der Waals surface area contributed by atoms with Crippen LogP contribution in [0.3, 0.4) is 0 Å². The van der Waals surface area contributed by atoms with E-state index in [1.807, 2.05) is 18.2 Å². The van der Waals surface area contributed by atoms with Gasteiger partial charge in [0.2, 0.25) is 0 Å². The van der Waals surface area contributed by atoms with E-state index < -0.39 is 0 Å². The van der Waals surface area contributed by atoms with Gasteiger partial charge in [0.05, 0.1) is 23.0 Å². The summed E-state index contributed by atoms with van der Waals surface area (Å²) in [7, 11) is 0. The molecule has 8 nitrogen and oxygen atoms in total. The van der Waals surface area contributed by atoms with Gasteiger partial charge in [-0.3, -0.25) is 4.79 Å². The molecule has 0 unspecified atom stereocenters. The minimum atomic E-state index is -0.267. The van der Waals surface area contributed by atoms with Crippen molar-refractivity contribution in [1.29, 1.82) is 5.26 Å². The summed E-state index contributed by atoms with van der Waals surface area (Å²) in [6.07, 6.45) is 1.67. The first kappa shape index (κ1) is 14.0. The van der Waals surface area contributed by atoms with Gasteiger partial charge < -0.3 is 5.73 Å². The number of H-pyrrole nitrogens is 1. The zero-order valence-corrected chi connectivity index (χ0v) is 12.4. The first-order chi connectivity index (χ1) is 11.7. The van der Waals surface area contributed by atoms with Crippen molar-refractivity contribution in [3.63, 3.8) is 0 Å². The van der Waals surface area contributed by atoms with Crippen molar-refractivity contribution in [1.82, 2.24) is 24.8 Å². The number of aromatic amines is 1. The van der Waals surface area contributed by atoms with Crippen LogP contribution in [0.2, 0.25) is 0 Å². The smallest absolute Gasteiger partial charge is 0.272 e. The fourth-order valence-electron chi connectivity index (χ4n) is 2.66. The molecule has 0 bridgehead atoms. The normalized spacial score (nSPS) is 11.0. The summed E-state index contributed by atoms with van der Waals surface area (Å²) in [5.41, 5.74) is 8.50. The van der Waals surface area contributed by atoms with Gasteiger partial charge in [-0.1, -0.05) is 6.07 Å². The minimum absolute atomic E-state index is 0.209. The Morgan fingerprint density at radius 1 is 1.25 bits per heavy atom. The molecular weight excluding hydrogens is 306 g/mol. The van der Waals surface area contributed by atoms with Crippen molar-refractivity contribution in [3.8, 4) is 17.3 Å². The van der Waals surface area contributed by atoms with Gasteiger partial charge in [-0.25, -0.2) is 14.6 Å². The molecule has 0 saturated heterocycles. The number of nitriles is 1. The topological polar surface area (TPSA) is 126 Å². The Morgan fingerprint density at radius 2 is 2.12 bits per heavy atom. The van der Waals surface area contributed by atoms with E-state index in [2.05, 4.69) is 20.3 Å². The van der Waals surface area contributed by atoms with E-state index in [1.165, 1.54) is 0 Å². The maximum Gasteiger partial charge on any atom is 0.272 e. The van der Waals surface area contributed by atoms with E-state index in [0.717, 1.165) is 5.56 Å². The van der Waals surface area contributed by atoms with Crippen LogP contribution in [-0.4, -0.2) is 24.8 Å². The molecule has 1 aromatic carbocycles. The highest BCUT2D eigenvalue weighted by atomic mass is 16.1. The standard InChI is InChI=1S/C16H11N7O/c17-6-10-2-4-15-19-8-14(23(15)22-10)9-1-3-11-12(5-9)13(7-18)20-21-16(11)24/h1-5,8H,7,18H2,(H,21,24). The van der Waals surface area contributed by atoms with Crippen molar-refractivity contribution in [2.24, 2.45) is 5.73 Å². The number of hydrogen-bond donors (Lipinski definition) is 2.